The molecule has 2 unspecified atom stereocenters. The first kappa shape index (κ1) is 14.3. The second-order valence-electron chi connectivity index (χ2n) is 4.56. The molecule has 0 saturated heterocycles. The molecule has 1 rings (SSSR count). The Morgan fingerprint density at radius 2 is 2.00 bits per heavy atom. The normalized spacial score (nSPS) is 24.9. The number of nitrogens with two attached hydrogens (primary N) is 1. The van der Waals surface area contributed by atoms with Gasteiger partial charge in [0, 0.05) is 19.0 Å². The molecule has 1 fully saturated rings. The maximum atomic E-state index is 11.8. The number of hydrogen-bond acceptors (Lipinski definition) is 2. The lowest BCUT2D eigenvalue weighted by Crippen LogP contribution is -2.38. The first-order valence-corrected chi connectivity index (χ1v) is 6.00. The van der Waals surface area contributed by atoms with Gasteiger partial charge in [-0.15, -0.1) is 0 Å². The minimum atomic E-state index is -4.10. The van der Waals surface area contributed by atoms with Crippen molar-refractivity contribution >= 4 is 5.91 Å². The predicted octanol–water partition coefficient (Wildman–Crippen LogP) is 1.96. The van der Waals surface area contributed by atoms with Gasteiger partial charge in [0.15, 0.2) is 0 Å². The average molecular weight is 252 g/mol. The molecule has 6 heteroatoms. The molecule has 2 atom stereocenters. The summed E-state index contributed by atoms with van der Waals surface area (Å²) in [7, 11) is 0. The van der Waals surface area contributed by atoms with E-state index in [9.17, 15) is 18.0 Å². The van der Waals surface area contributed by atoms with Crippen molar-refractivity contribution in [1.82, 2.24) is 5.32 Å². The molecular weight excluding hydrogens is 233 g/mol. The second kappa shape index (κ2) is 6.23. The lowest BCUT2D eigenvalue weighted by Gasteiger charge is -2.15. The van der Waals surface area contributed by atoms with Gasteiger partial charge in [-0.25, -0.2) is 0 Å². The first-order valence-electron chi connectivity index (χ1n) is 6.00. The number of unbranched alkanes of at least 4 members (excludes halogenated alkanes) is 1. The van der Waals surface area contributed by atoms with Crippen LogP contribution in [0.4, 0.5) is 13.2 Å². The van der Waals surface area contributed by atoms with Gasteiger partial charge < -0.3 is 11.1 Å². The minimum Gasteiger partial charge on any atom is -0.356 e. The van der Waals surface area contributed by atoms with E-state index >= 15 is 0 Å². The van der Waals surface area contributed by atoms with Crippen LogP contribution in [-0.4, -0.2) is 24.7 Å². The summed E-state index contributed by atoms with van der Waals surface area (Å²) in [6.45, 7) is 0.304. The van der Waals surface area contributed by atoms with Crippen molar-refractivity contribution in [1.29, 1.82) is 0 Å². The van der Waals surface area contributed by atoms with Crippen molar-refractivity contribution < 1.29 is 18.0 Å². The maximum Gasteiger partial charge on any atom is 0.389 e. The van der Waals surface area contributed by atoms with E-state index < -0.39 is 12.6 Å². The topological polar surface area (TPSA) is 55.1 Å². The lowest BCUT2D eigenvalue weighted by atomic mass is 10.0. The van der Waals surface area contributed by atoms with Crippen molar-refractivity contribution in [3.63, 3.8) is 0 Å². The largest absolute Gasteiger partial charge is 0.389 e. The number of nitrogens with one attached hydrogen (secondary N) is 1. The number of amides is 1. The van der Waals surface area contributed by atoms with Gasteiger partial charge in [-0.1, -0.05) is 6.42 Å². The molecule has 0 spiro atoms. The monoisotopic (exact) mass is 252 g/mol. The number of halogens is 3. The van der Waals surface area contributed by atoms with Gasteiger partial charge in [-0.05, 0) is 25.7 Å². The SMILES string of the molecule is NC1CCCC1C(=O)NCCCCC(F)(F)F. The predicted molar refractivity (Wildman–Crippen MR) is 58.2 cm³/mol. The van der Waals surface area contributed by atoms with E-state index in [1.54, 1.807) is 0 Å². The van der Waals surface area contributed by atoms with E-state index in [0.29, 0.717) is 13.0 Å². The number of alkyl halides is 3. The number of carbonyl (C=O) groups is 1. The zero-order valence-corrected chi connectivity index (χ0v) is 9.72. The van der Waals surface area contributed by atoms with Crippen molar-refractivity contribution in [2.45, 2.75) is 50.7 Å². The van der Waals surface area contributed by atoms with E-state index in [4.69, 9.17) is 5.73 Å². The van der Waals surface area contributed by atoms with Crippen molar-refractivity contribution in [2.24, 2.45) is 11.7 Å². The summed E-state index contributed by atoms with van der Waals surface area (Å²) in [5, 5.41) is 2.65. The summed E-state index contributed by atoms with van der Waals surface area (Å²) in [4.78, 5) is 11.6. The minimum absolute atomic E-state index is 0.0561. The van der Waals surface area contributed by atoms with Crippen LogP contribution in [0.3, 0.4) is 0 Å². The number of rotatable bonds is 5. The third-order valence-corrected chi connectivity index (χ3v) is 3.09. The highest BCUT2D eigenvalue weighted by Crippen LogP contribution is 2.24. The van der Waals surface area contributed by atoms with Crippen LogP contribution in [0.15, 0.2) is 0 Å². The molecule has 1 aliphatic carbocycles. The van der Waals surface area contributed by atoms with Crippen molar-refractivity contribution in [3.05, 3.63) is 0 Å². The Morgan fingerprint density at radius 3 is 2.53 bits per heavy atom. The fourth-order valence-corrected chi connectivity index (χ4v) is 2.11. The smallest absolute Gasteiger partial charge is 0.356 e. The van der Waals surface area contributed by atoms with E-state index in [0.717, 1.165) is 19.3 Å². The fourth-order valence-electron chi connectivity index (χ4n) is 2.11. The molecule has 100 valence electrons. The Hall–Kier alpha value is -0.780. The summed E-state index contributed by atoms with van der Waals surface area (Å²) in [6.07, 6.45) is -1.88. The van der Waals surface area contributed by atoms with E-state index in [1.165, 1.54) is 0 Å². The molecule has 3 N–H and O–H groups in total. The van der Waals surface area contributed by atoms with Gasteiger partial charge in [0.25, 0.3) is 0 Å². The molecule has 1 aliphatic rings. The van der Waals surface area contributed by atoms with Crippen LogP contribution in [0.1, 0.15) is 38.5 Å². The third-order valence-electron chi connectivity index (χ3n) is 3.09. The Kier molecular flexibility index (Phi) is 5.24. The fraction of sp³-hybridized carbons (Fsp3) is 0.909. The second-order valence-corrected chi connectivity index (χ2v) is 4.56. The van der Waals surface area contributed by atoms with Crippen molar-refractivity contribution in [2.75, 3.05) is 6.54 Å². The Morgan fingerprint density at radius 1 is 1.29 bits per heavy atom. The van der Waals surface area contributed by atoms with Crippen LogP contribution >= 0.6 is 0 Å². The van der Waals surface area contributed by atoms with Crippen LogP contribution in [0, 0.1) is 5.92 Å². The molecule has 0 heterocycles. The Balaban J connectivity index is 2.08. The van der Waals surface area contributed by atoms with Crippen molar-refractivity contribution in [3.8, 4) is 0 Å². The number of carbonyl (C=O) groups excluding carboxylic acids is 1. The van der Waals surface area contributed by atoms with E-state index in [-0.39, 0.29) is 24.3 Å². The molecule has 0 aliphatic heterocycles. The molecule has 0 aromatic carbocycles. The summed E-state index contributed by atoms with van der Waals surface area (Å²) in [5.74, 6) is -0.264. The Labute approximate surface area is 98.9 Å². The highest BCUT2D eigenvalue weighted by atomic mass is 19.4. The molecule has 17 heavy (non-hydrogen) atoms. The molecule has 1 amide bonds. The van der Waals surface area contributed by atoms with Gasteiger partial charge in [-0.2, -0.15) is 13.2 Å². The van der Waals surface area contributed by atoms with Crippen LogP contribution in [0.5, 0.6) is 0 Å². The first-order chi connectivity index (χ1) is 7.90. The molecule has 0 aromatic heterocycles. The summed E-state index contributed by atoms with van der Waals surface area (Å²) >= 11 is 0. The molecule has 3 nitrogen and oxygen atoms in total. The number of hydrogen-bond donors (Lipinski definition) is 2. The molecule has 0 bridgehead atoms. The van der Waals surface area contributed by atoms with Gasteiger partial charge in [0.2, 0.25) is 5.91 Å². The Bertz CT molecular complexity index is 256. The molecule has 0 aromatic rings. The van der Waals surface area contributed by atoms with Gasteiger partial charge in [-0.3, -0.25) is 4.79 Å². The lowest BCUT2D eigenvalue weighted by molar-refractivity contribution is -0.135. The quantitative estimate of drug-likeness (QED) is 0.735. The standard InChI is InChI=1S/C11H19F3N2O/c12-11(13,14)6-1-2-7-16-10(17)8-4-3-5-9(8)15/h8-9H,1-7,15H2,(H,16,17). The highest BCUT2D eigenvalue weighted by molar-refractivity contribution is 5.79. The molecule has 1 saturated carbocycles. The van der Waals surface area contributed by atoms with E-state index in [2.05, 4.69) is 5.32 Å². The maximum absolute atomic E-state index is 11.8. The van der Waals surface area contributed by atoms with Gasteiger partial charge in [0.1, 0.15) is 0 Å². The summed E-state index contributed by atoms with van der Waals surface area (Å²) in [6, 6.07) is -0.0924. The molecular formula is C11H19F3N2O. The summed E-state index contributed by atoms with van der Waals surface area (Å²) in [5.41, 5.74) is 5.76. The summed E-state index contributed by atoms with van der Waals surface area (Å²) < 4.78 is 35.5. The highest BCUT2D eigenvalue weighted by Gasteiger charge is 2.30. The zero-order chi connectivity index (χ0) is 12.9. The van der Waals surface area contributed by atoms with Crippen LogP contribution in [0.25, 0.3) is 0 Å². The van der Waals surface area contributed by atoms with E-state index in [1.807, 2.05) is 0 Å². The van der Waals surface area contributed by atoms with Gasteiger partial charge >= 0.3 is 6.18 Å². The van der Waals surface area contributed by atoms with Gasteiger partial charge in [0.05, 0.1) is 5.92 Å². The third kappa shape index (κ3) is 5.39. The van der Waals surface area contributed by atoms with Crippen LogP contribution in [0.2, 0.25) is 0 Å². The zero-order valence-electron chi connectivity index (χ0n) is 9.72. The van der Waals surface area contributed by atoms with Crippen LogP contribution < -0.4 is 11.1 Å². The average Bonchev–Trinajstić information content (AvgIpc) is 2.62. The van der Waals surface area contributed by atoms with Crippen LogP contribution in [-0.2, 0) is 4.79 Å². The molecule has 0 radical (unpaired) electrons.